The molecule has 3 heterocycles. The third-order valence-electron chi connectivity index (χ3n) is 11.8. The maximum absolute atomic E-state index is 12.0. The molecular formula is C46H45N4O6+. The van der Waals surface area contributed by atoms with E-state index in [4.69, 9.17) is 9.47 Å². The predicted molar refractivity (Wildman–Crippen MR) is 219 cm³/mol. The third kappa shape index (κ3) is 5.91. The number of likely N-dealkylation sites (N-methyl/N-ethyl adjacent to an activating group) is 1. The van der Waals surface area contributed by atoms with Crippen molar-refractivity contribution in [3.63, 3.8) is 0 Å². The van der Waals surface area contributed by atoms with E-state index < -0.39 is 15.5 Å². The summed E-state index contributed by atoms with van der Waals surface area (Å²) in [7, 11) is 0. The summed E-state index contributed by atoms with van der Waals surface area (Å²) in [5, 5.41) is 23.3. The van der Waals surface area contributed by atoms with Crippen molar-refractivity contribution in [3.8, 4) is 17.2 Å². The van der Waals surface area contributed by atoms with Gasteiger partial charge in [-0.05, 0) is 100 Å². The zero-order chi connectivity index (χ0) is 39.5. The Hall–Kier alpha value is -6.29. The molecule has 4 aromatic rings. The van der Waals surface area contributed by atoms with Crippen LogP contribution in [0.5, 0.6) is 17.2 Å². The molecule has 0 radical (unpaired) electrons. The zero-order valence-electron chi connectivity index (χ0n) is 32.6. The Morgan fingerprint density at radius 1 is 0.857 bits per heavy atom. The van der Waals surface area contributed by atoms with E-state index >= 15 is 0 Å². The monoisotopic (exact) mass is 749 g/mol. The van der Waals surface area contributed by atoms with Crippen LogP contribution in [0.1, 0.15) is 77.5 Å². The molecular weight excluding hydrogens is 705 g/mol. The van der Waals surface area contributed by atoms with Crippen LogP contribution >= 0.6 is 0 Å². The van der Waals surface area contributed by atoms with Crippen LogP contribution in [0.15, 0.2) is 126 Å². The quantitative estimate of drug-likeness (QED) is 0.0951. The van der Waals surface area contributed by atoms with Gasteiger partial charge in [0.25, 0.3) is 5.69 Å². The number of non-ortho nitro benzene ring substituents is 1. The molecule has 3 aliphatic heterocycles. The summed E-state index contributed by atoms with van der Waals surface area (Å²) in [5.41, 5.74) is 10.3. The maximum atomic E-state index is 12.0. The highest BCUT2D eigenvalue weighted by molar-refractivity contribution is 6.03. The lowest BCUT2D eigenvalue weighted by Crippen LogP contribution is -2.27. The van der Waals surface area contributed by atoms with Gasteiger partial charge in [0.1, 0.15) is 23.8 Å². The van der Waals surface area contributed by atoms with Crippen molar-refractivity contribution < 1.29 is 23.9 Å². The average Bonchev–Trinajstić information content (AvgIpc) is 3.54. The fraction of sp³-hybridized carbons (Fsp3) is 0.283. The largest absolute Gasteiger partial charge is 0.456 e. The van der Waals surface area contributed by atoms with Gasteiger partial charge in [0.05, 0.1) is 21.3 Å². The number of hydrogen-bond donors (Lipinski definition) is 0. The molecule has 0 aromatic heterocycles. The molecule has 4 aliphatic rings. The minimum Gasteiger partial charge on any atom is -0.456 e. The number of ether oxygens (including phenoxy) is 2. The Labute approximate surface area is 326 Å². The molecule has 0 amide bonds. The van der Waals surface area contributed by atoms with Gasteiger partial charge < -0.3 is 14.4 Å². The van der Waals surface area contributed by atoms with Crippen LogP contribution in [0.25, 0.3) is 5.57 Å². The number of nitro groups is 2. The molecule has 0 N–H and O–H groups in total. The second kappa shape index (κ2) is 13.8. The predicted octanol–water partition coefficient (Wildman–Crippen LogP) is 11.2. The Bertz CT molecular complexity index is 2500. The summed E-state index contributed by atoms with van der Waals surface area (Å²) in [5.74, 6) is 1.60. The molecule has 284 valence electrons. The zero-order valence-corrected chi connectivity index (χ0v) is 32.6. The molecule has 4 aromatic carbocycles. The van der Waals surface area contributed by atoms with Crippen molar-refractivity contribution in [3.05, 3.63) is 163 Å². The molecule has 0 unspecified atom stereocenters. The van der Waals surface area contributed by atoms with Crippen molar-refractivity contribution >= 4 is 34.0 Å². The van der Waals surface area contributed by atoms with Crippen molar-refractivity contribution in [2.45, 2.75) is 71.6 Å². The van der Waals surface area contributed by atoms with Gasteiger partial charge >= 0.3 is 5.69 Å². The minimum atomic E-state index is -0.676. The standard InChI is InChI=1S/C46H45N4O6/c1-7-47-37-18-11-9-16-35(37)45(3,4)42(47)25-20-29-14-13-15-33-34(28-43-46(5,6)36-17-10-12-19-38(36)48(43)8-2)32-23-22-31(27-41(32)56-44(29)33)55-40-24-21-30(49(51)52)26-39(40)50(53)54/h9-12,16-28H,7-8,13-15H2,1-6H3/q+1. The Morgan fingerprint density at radius 3 is 2.34 bits per heavy atom. The van der Waals surface area contributed by atoms with Crippen LogP contribution in [0.2, 0.25) is 0 Å². The van der Waals surface area contributed by atoms with Crippen molar-refractivity contribution in [2.24, 2.45) is 0 Å². The van der Waals surface area contributed by atoms with Gasteiger partial charge in [0, 0.05) is 64.3 Å². The number of para-hydroxylation sites is 2. The highest BCUT2D eigenvalue weighted by Gasteiger charge is 2.44. The second-order valence-electron chi connectivity index (χ2n) is 15.6. The van der Waals surface area contributed by atoms with Crippen molar-refractivity contribution in [2.75, 3.05) is 18.0 Å². The van der Waals surface area contributed by atoms with E-state index in [9.17, 15) is 20.2 Å². The molecule has 0 atom stereocenters. The Morgan fingerprint density at radius 2 is 1.61 bits per heavy atom. The van der Waals surface area contributed by atoms with Crippen LogP contribution in [-0.2, 0) is 10.8 Å². The van der Waals surface area contributed by atoms with Crippen LogP contribution < -0.4 is 14.4 Å². The number of benzene rings is 4. The molecule has 0 bridgehead atoms. The Kier molecular flexibility index (Phi) is 9.02. The molecule has 0 spiro atoms. The number of fused-ring (bicyclic) bond motifs is 4. The van der Waals surface area contributed by atoms with Gasteiger partial charge in [0.15, 0.2) is 5.71 Å². The molecule has 10 nitrogen and oxygen atoms in total. The number of allylic oxidation sites excluding steroid dienone is 7. The molecule has 0 saturated carbocycles. The number of nitro benzene ring substituents is 2. The summed E-state index contributed by atoms with van der Waals surface area (Å²) < 4.78 is 15.4. The number of nitrogens with zero attached hydrogens (tertiary/aromatic N) is 4. The fourth-order valence-electron chi connectivity index (χ4n) is 8.94. The molecule has 0 saturated heterocycles. The molecule has 1 aliphatic carbocycles. The van der Waals surface area contributed by atoms with E-state index in [-0.39, 0.29) is 22.3 Å². The van der Waals surface area contributed by atoms with Gasteiger partial charge in [0.2, 0.25) is 11.4 Å². The minimum absolute atomic E-state index is 0.0998. The van der Waals surface area contributed by atoms with E-state index in [1.54, 1.807) is 12.1 Å². The normalized spacial score (nSPS) is 18.5. The highest BCUT2D eigenvalue weighted by Crippen LogP contribution is 2.52. The summed E-state index contributed by atoms with van der Waals surface area (Å²) in [4.78, 5) is 24.4. The summed E-state index contributed by atoms with van der Waals surface area (Å²) in [6, 6.07) is 26.1. The second-order valence-corrected chi connectivity index (χ2v) is 15.6. The highest BCUT2D eigenvalue weighted by atomic mass is 16.6. The third-order valence-corrected chi connectivity index (χ3v) is 11.8. The number of hydrogen-bond acceptors (Lipinski definition) is 7. The maximum Gasteiger partial charge on any atom is 0.318 e. The fourth-order valence-corrected chi connectivity index (χ4v) is 8.94. The topological polar surface area (TPSA) is 111 Å². The van der Waals surface area contributed by atoms with Crippen molar-refractivity contribution in [1.82, 2.24) is 0 Å². The van der Waals surface area contributed by atoms with E-state index in [1.165, 1.54) is 46.0 Å². The van der Waals surface area contributed by atoms with Gasteiger partial charge in [-0.3, -0.25) is 20.2 Å². The van der Waals surface area contributed by atoms with Gasteiger partial charge in [-0.1, -0.05) is 50.2 Å². The molecule has 56 heavy (non-hydrogen) atoms. The smallest absolute Gasteiger partial charge is 0.318 e. The number of rotatable bonds is 9. The molecule has 10 heteroatoms. The summed E-state index contributed by atoms with van der Waals surface area (Å²) in [6.45, 7) is 15.1. The van der Waals surface area contributed by atoms with Gasteiger partial charge in [-0.2, -0.15) is 4.58 Å². The SMILES string of the molecule is CCN1/C(=C/C2=C3CCCC(/C=C/C4=[N+](CC)c5ccccc5C4(C)C)=C3Oc3cc(Oc4ccc([N+](=O)[O-])cc4[N+](=O)[O-])ccc32)C(C)(C)c2ccccc21. The first-order chi connectivity index (χ1) is 26.8. The first-order valence-electron chi connectivity index (χ1n) is 19.3. The molecule has 8 rings (SSSR count). The lowest BCUT2D eigenvalue weighted by Gasteiger charge is -2.32. The number of anilines is 1. The summed E-state index contributed by atoms with van der Waals surface area (Å²) >= 11 is 0. The first-order valence-corrected chi connectivity index (χ1v) is 19.3. The lowest BCUT2D eigenvalue weighted by molar-refractivity contribution is -0.433. The van der Waals surface area contributed by atoms with Crippen LogP contribution in [-0.4, -0.2) is 33.2 Å². The average molecular weight is 750 g/mol. The van der Waals surface area contributed by atoms with Crippen LogP contribution in [0, 0.1) is 20.2 Å². The van der Waals surface area contributed by atoms with E-state index in [1.807, 2.05) is 6.07 Å². The molecule has 0 fully saturated rings. The first kappa shape index (κ1) is 36.7. The van der Waals surface area contributed by atoms with Crippen LogP contribution in [0.4, 0.5) is 22.7 Å². The van der Waals surface area contributed by atoms with Gasteiger partial charge in [-0.25, -0.2) is 0 Å². The summed E-state index contributed by atoms with van der Waals surface area (Å²) in [6.07, 6.45) is 9.46. The van der Waals surface area contributed by atoms with Crippen molar-refractivity contribution in [1.29, 1.82) is 0 Å². The van der Waals surface area contributed by atoms with Crippen LogP contribution in [0.3, 0.4) is 0 Å². The van der Waals surface area contributed by atoms with E-state index in [2.05, 4.69) is 118 Å². The van der Waals surface area contributed by atoms with E-state index in [0.717, 1.165) is 66.5 Å². The Balaban J connectivity index is 1.28. The van der Waals surface area contributed by atoms with Gasteiger partial charge in [-0.15, -0.1) is 0 Å². The lowest BCUT2D eigenvalue weighted by atomic mass is 9.80. The van der Waals surface area contributed by atoms with E-state index in [0.29, 0.717) is 11.5 Å².